The maximum Gasteiger partial charge on any atom is 0.0791 e. The van der Waals surface area contributed by atoms with E-state index in [9.17, 15) is 0 Å². The lowest BCUT2D eigenvalue weighted by atomic mass is 10.4. The van der Waals surface area contributed by atoms with Crippen molar-refractivity contribution >= 4 is 25.0 Å². The second kappa shape index (κ2) is 5.11. The van der Waals surface area contributed by atoms with Crippen LogP contribution in [0.1, 0.15) is 0 Å². The minimum atomic E-state index is -1.28. The summed E-state index contributed by atoms with van der Waals surface area (Å²) in [4.78, 5) is 2.58. The molecule has 2 aromatic rings. The van der Waals surface area contributed by atoms with Crippen LogP contribution in [0.4, 0.5) is 0 Å². The third-order valence-corrected chi connectivity index (χ3v) is 5.85. The molecule has 0 fully saturated rings. The summed E-state index contributed by atoms with van der Waals surface area (Å²) >= 11 is 1.82. The number of hydrogen-bond donors (Lipinski definition) is 0. The highest BCUT2D eigenvalue weighted by Gasteiger charge is 2.20. The quantitative estimate of drug-likeness (QED) is 0.743. The highest BCUT2D eigenvalue weighted by molar-refractivity contribution is 7.99. The molecule has 0 amide bonds. The normalized spacial score (nSPS) is 11.5. The summed E-state index contributed by atoms with van der Waals surface area (Å²) in [7, 11) is -1.28. The first-order valence-corrected chi connectivity index (χ1v) is 10.1. The maximum absolute atomic E-state index is 3.39. The third-order valence-electron chi connectivity index (χ3n) is 2.59. The Morgan fingerprint density at radius 3 is 2.29 bits per heavy atom. The summed E-state index contributed by atoms with van der Waals surface area (Å²) in [6, 6.07) is 20.3. The molecule has 87 valence electrons. The molecule has 2 rings (SSSR count). The lowest BCUT2D eigenvalue weighted by molar-refractivity contribution is 1.41. The SMILES string of the molecule is C[Si](C)(C)c1ccc[c]c1Sc1ccccc1. The molecule has 0 saturated heterocycles. The van der Waals surface area contributed by atoms with E-state index in [1.165, 1.54) is 15.0 Å². The highest BCUT2D eigenvalue weighted by Crippen LogP contribution is 2.27. The van der Waals surface area contributed by atoms with Crippen LogP contribution in [0.2, 0.25) is 19.6 Å². The van der Waals surface area contributed by atoms with E-state index in [4.69, 9.17) is 0 Å². The molecule has 0 N–H and O–H groups in total. The van der Waals surface area contributed by atoms with Gasteiger partial charge in [-0.15, -0.1) is 0 Å². The van der Waals surface area contributed by atoms with Gasteiger partial charge in [0.15, 0.2) is 0 Å². The van der Waals surface area contributed by atoms with Crippen molar-refractivity contribution in [3.8, 4) is 0 Å². The van der Waals surface area contributed by atoms with Gasteiger partial charge in [-0.05, 0) is 23.4 Å². The molecule has 0 bridgehead atoms. The van der Waals surface area contributed by atoms with Crippen LogP contribution < -0.4 is 5.19 Å². The minimum Gasteiger partial charge on any atom is -0.0896 e. The third kappa shape index (κ3) is 3.24. The molecule has 0 heterocycles. The highest BCUT2D eigenvalue weighted by atomic mass is 32.2. The predicted molar refractivity (Wildman–Crippen MR) is 78.8 cm³/mol. The second-order valence-electron chi connectivity index (χ2n) is 5.08. The van der Waals surface area contributed by atoms with Gasteiger partial charge in [-0.1, -0.05) is 67.8 Å². The molecule has 2 heteroatoms. The molecule has 17 heavy (non-hydrogen) atoms. The fraction of sp³-hybridized carbons (Fsp3) is 0.200. The topological polar surface area (TPSA) is 0 Å². The van der Waals surface area contributed by atoms with Crippen molar-refractivity contribution in [2.75, 3.05) is 0 Å². The van der Waals surface area contributed by atoms with Gasteiger partial charge in [0.2, 0.25) is 0 Å². The minimum absolute atomic E-state index is 1.28. The van der Waals surface area contributed by atoms with Crippen molar-refractivity contribution in [2.24, 2.45) is 0 Å². The zero-order valence-electron chi connectivity index (χ0n) is 10.5. The molecule has 0 aliphatic carbocycles. The van der Waals surface area contributed by atoms with Crippen molar-refractivity contribution in [3.63, 3.8) is 0 Å². The van der Waals surface area contributed by atoms with Crippen LogP contribution >= 0.6 is 11.8 Å². The smallest absolute Gasteiger partial charge is 0.0791 e. The summed E-state index contributed by atoms with van der Waals surface area (Å²) in [6.45, 7) is 7.14. The summed E-state index contributed by atoms with van der Waals surface area (Å²) in [5.74, 6) is 0. The summed E-state index contributed by atoms with van der Waals surface area (Å²) in [6.07, 6.45) is 0. The molecule has 0 spiro atoms. The van der Waals surface area contributed by atoms with Crippen LogP contribution in [0, 0.1) is 6.07 Å². The van der Waals surface area contributed by atoms with Crippen LogP contribution in [-0.4, -0.2) is 8.07 Å². The molecular formula is C15H17SSi. The largest absolute Gasteiger partial charge is 0.0896 e. The Hall–Kier alpha value is -0.993. The summed E-state index contributed by atoms with van der Waals surface area (Å²) in [5.41, 5.74) is 0. The molecule has 1 radical (unpaired) electrons. The Bertz CT molecular complexity index is 486. The van der Waals surface area contributed by atoms with Gasteiger partial charge in [0.05, 0.1) is 8.07 Å². The van der Waals surface area contributed by atoms with Crippen LogP contribution in [0.25, 0.3) is 0 Å². The van der Waals surface area contributed by atoms with E-state index in [0.717, 1.165) is 0 Å². The fourth-order valence-electron chi connectivity index (χ4n) is 1.70. The zero-order chi connectivity index (χ0) is 12.3. The molecule has 0 unspecified atom stereocenters. The lowest BCUT2D eigenvalue weighted by Crippen LogP contribution is -2.38. The van der Waals surface area contributed by atoms with Crippen LogP contribution in [-0.2, 0) is 0 Å². The Morgan fingerprint density at radius 1 is 0.941 bits per heavy atom. The van der Waals surface area contributed by atoms with Gasteiger partial charge in [-0.3, -0.25) is 0 Å². The van der Waals surface area contributed by atoms with Gasteiger partial charge in [0.25, 0.3) is 0 Å². The monoisotopic (exact) mass is 257 g/mol. The molecule has 0 aromatic heterocycles. The van der Waals surface area contributed by atoms with E-state index >= 15 is 0 Å². The van der Waals surface area contributed by atoms with Crippen LogP contribution in [0.5, 0.6) is 0 Å². The van der Waals surface area contributed by atoms with Crippen molar-refractivity contribution in [2.45, 2.75) is 29.4 Å². The average molecular weight is 257 g/mol. The van der Waals surface area contributed by atoms with Gasteiger partial charge in [0, 0.05) is 9.79 Å². The molecule has 0 atom stereocenters. The average Bonchev–Trinajstić information content (AvgIpc) is 2.30. The maximum atomic E-state index is 3.39. The van der Waals surface area contributed by atoms with E-state index in [0.29, 0.717) is 0 Å². The second-order valence-corrected chi connectivity index (χ2v) is 11.2. The fourth-order valence-corrected chi connectivity index (χ4v) is 4.96. The first-order valence-electron chi connectivity index (χ1n) is 5.81. The van der Waals surface area contributed by atoms with Gasteiger partial charge < -0.3 is 0 Å². The van der Waals surface area contributed by atoms with Crippen molar-refractivity contribution in [1.29, 1.82) is 0 Å². The van der Waals surface area contributed by atoms with Gasteiger partial charge in [-0.25, -0.2) is 0 Å². The van der Waals surface area contributed by atoms with Gasteiger partial charge in [-0.2, -0.15) is 0 Å². The first-order chi connectivity index (χ1) is 8.07. The standard InChI is InChI=1S/C15H17SSi/c1-17(2,3)15-12-8-7-11-14(15)16-13-9-5-4-6-10-13/h4-10,12H,1-3H3. The van der Waals surface area contributed by atoms with Gasteiger partial charge in [0.1, 0.15) is 0 Å². The molecule has 0 saturated carbocycles. The Balaban J connectivity index is 2.34. The van der Waals surface area contributed by atoms with E-state index in [-0.39, 0.29) is 0 Å². The Kier molecular flexibility index (Phi) is 3.75. The van der Waals surface area contributed by atoms with Crippen molar-refractivity contribution < 1.29 is 0 Å². The first kappa shape index (κ1) is 12.5. The van der Waals surface area contributed by atoms with E-state index < -0.39 is 8.07 Å². The van der Waals surface area contributed by atoms with E-state index in [2.05, 4.69) is 68.2 Å². The molecule has 0 aliphatic heterocycles. The molecular weight excluding hydrogens is 240 g/mol. The number of benzene rings is 2. The van der Waals surface area contributed by atoms with Gasteiger partial charge >= 0.3 is 0 Å². The van der Waals surface area contributed by atoms with Crippen LogP contribution in [0.15, 0.2) is 58.3 Å². The zero-order valence-corrected chi connectivity index (χ0v) is 12.3. The number of hydrogen-bond acceptors (Lipinski definition) is 1. The summed E-state index contributed by atoms with van der Waals surface area (Å²) in [5, 5.41) is 1.49. The molecule has 2 aromatic carbocycles. The summed E-state index contributed by atoms with van der Waals surface area (Å²) < 4.78 is 0. The van der Waals surface area contributed by atoms with Crippen molar-refractivity contribution in [1.82, 2.24) is 0 Å². The van der Waals surface area contributed by atoms with Crippen molar-refractivity contribution in [3.05, 3.63) is 54.6 Å². The molecule has 0 nitrogen and oxygen atoms in total. The molecule has 0 aliphatic rings. The Labute approximate surface area is 109 Å². The lowest BCUT2D eigenvalue weighted by Gasteiger charge is -2.20. The van der Waals surface area contributed by atoms with Crippen LogP contribution in [0.3, 0.4) is 0 Å². The predicted octanol–water partition coefficient (Wildman–Crippen LogP) is 4.18. The number of rotatable bonds is 3. The van der Waals surface area contributed by atoms with E-state index in [1.54, 1.807) is 0 Å². The van der Waals surface area contributed by atoms with E-state index in [1.807, 2.05) is 17.8 Å². The Morgan fingerprint density at radius 2 is 1.65 bits per heavy atom.